The summed E-state index contributed by atoms with van der Waals surface area (Å²) in [5.74, 6) is -1.45. The third kappa shape index (κ3) is 3.55. The topological polar surface area (TPSA) is 92.8 Å². The van der Waals surface area contributed by atoms with Crippen molar-refractivity contribution in [3.05, 3.63) is 35.9 Å². The highest BCUT2D eigenvalue weighted by Crippen LogP contribution is 2.33. The van der Waals surface area contributed by atoms with Crippen LogP contribution in [0.3, 0.4) is 0 Å². The summed E-state index contributed by atoms with van der Waals surface area (Å²) in [5.41, 5.74) is -0.843. The number of rotatable bonds is 7. The highest BCUT2D eigenvalue weighted by molar-refractivity contribution is 6.22. The third-order valence-corrected chi connectivity index (χ3v) is 4.50. The van der Waals surface area contributed by atoms with Gasteiger partial charge in [0.2, 0.25) is 5.91 Å². The van der Waals surface area contributed by atoms with Crippen LogP contribution in [0.25, 0.3) is 0 Å². The number of ether oxygens (including phenoxy) is 1. The molecule has 7 heteroatoms. The number of benzene rings is 1. The number of carbonyl (C=O) groups excluding carboxylic acids is 4. The molecule has 0 aromatic heterocycles. The van der Waals surface area contributed by atoms with E-state index in [9.17, 15) is 19.2 Å². The maximum absolute atomic E-state index is 13.0. The van der Waals surface area contributed by atoms with Gasteiger partial charge in [-0.15, -0.1) is 0 Å². The van der Waals surface area contributed by atoms with Gasteiger partial charge in [-0.1, -0.05) is 37.3 Å². The van der Waals surface area contributed by atoms with Crippen molar-refractivity contribution in [1.29, 1.82) is 0 Å². The molecule has 0 radical (unpaired) electrons. The minimum atomic E-state index is -1.41. The summed E-state index contributed by atoms with van der Waals surface area (Å²) < 4.78 is 4.56. The summed E-state index contributed by atoms with van der Waals surface area (Å²) >= 11 is 0. The molecule has 1 aromatic carbocycles. The second-order valence-corrected chi connectivity index (χ2v) is 5.87. The molecule has 1 aromatic rings. The van der Waals surface area contributed by atoms with Crippen molar-refractivity contribution < 1.29 is 23.9 Å². The number of barbiturate groups is 1. The predicted molar refractivity (Wildman–Crippen MR) is 89.5 cm³/mol. The molecule has 0 saturated carbocycles. The number of hydrogen-bond acceptors (Lipinski definition) is 5. The van der Waals surface area contributed by atoms with Crippen molar-refractivity contribution in [3.8, 4) is 0 Å². The average Bonchev–Trinajstić information content (AvgIpc) is 2.62. The van der Waals surface area contributed by atoms with Crippen molar-refractivity contribution in [2.45, 2.75) is 38.0 Å². The Morgan fingerprint density at radius 3 is 2.44 bits per heavy atom. The van der Waals surface area contributed by atoms with Gasteiger partial charge in [0.25, 0.3) is 5.91 Å². The van der Waals surface area contributed by atoms with E-state index in [2.05, 4.69) is 10.1 Å². The van der Waals surface area contributed by atoms with Gasteiger partial charge in [-0.25, -0.2) is 4.79 Å². The smallest absolute Gasteiger partial charge is 0.330 e. The molecule has 1 aliphatic rings. The van der Waals surface area contributed by atoms with E-state index in [0.717, 1.165) is 4.90 Å². The molecule has 0 bridgehead atoms. The van der Waals surface area contributed by atoms with Gasteiger partial charge < -0.3 is 4.74 Å². The second kappa shape index (κ2) is 7.92. The maximum atomic E-state index is 13.0. The van der Waals surface area contributed by atoms with Crippen LogP contribution in [0.5, 0.6) is 0 Å². The number of unbranched alkanes of at least 4 members (excludes halogenated alkanes) is 1. The largest absolute Gasteiger partial charge is 0.469 e. The lowest BCUT2D eigenvalue weighted by molar-refractivity contribution is -0.145. The van der Waals surface area contributed by atoms with E-state index in [1.807, 2.05) is 0 Å². The Bertz CT molecular complexity index is 673. The van der Waals surface area contributed by atoms with Gasteiger partial charge in [0.15, 0.2) is 5.41 Å². The molecule has 1 saturated heterocycles. The van der Waals surface area contributed by atoms with Crippen molar-refractivity contribution in [3.63, 3.8) is 0 Å². The van der Waals surface area contributed by atoms with Crippen LogP contribution in [0.15, 0.2) is 30.3 Å². The fourth-order valence-electron chi connectivity index (χ4n) is 3.03. The Balaban J connectivity index is 2.19. The molecule has 1 fully saturated rings. The van der Waals surface area contributed by atoms with Crippen LogP contribution in [0.4, 0.5) is 4.79 Å². The fraction of sp³-hybridized carbons (Fsp3) is 0.444. The van der Waals surface area contributed by atoms with E-state index in [1.165, 1.54) is 7.11 Å². The number of amides is 4. The molecular formula is C18H22N2O5. The van der Waals surface area contributed by atoms with Crippen molar-refractivity contribution in [2.24, 2.45) is 0 Å². The monoisotopic (exact) mass is 346 g/mol. The summed E-state index contributed by atoms with van der Waals surface area (Å²) in [6.45, 7) is 1.89. The number of nitrogens with one attached hydrogen (secondary N) is 1. The zero-order valence-corrected chi connectivity index (χ0v) is 14.4. The first kappa shape index (κ1) is 18.6. The first-order valence-electron chi connectivity index (χ1n) is 8.27. The van der Waals surface area contributed by atoms with E-state index in [-0.39, 0.29) is 25.4 Å². The standard InChI is InChI=1S/C18H22N2O5/c1-3-18(13-9-5-4-6-10-13)15(22)19-17(24)20(16(18)23)12-8-7-11-14(21)25-2/h4-6,9-10H,3,7-8,11-12H2,1-2H3,(H,19,22,24). The van der Waals surface area contributed by atoms with Crippen LogP contribution in [-0.4, -0.2) is 42.4 Å². The summed E-state index contributed by atoms with van der Waals surface area (Å²) in [5, 5.41) is 2.30. The van der Waals surface area contributed by atoms with Crippen LogP contribution in [0.2, 0.25) is 0 Å². The minimum Gasteiger partial charge on any atom is -0.469 e. The third-order valence-electron chi connectivity index (χ3n) is 4.50. The van der Waals surface area contributed by atoms with Crippen molar-refractivity contribution >= 4 is 23.8 Å². The molecular weight excluding hydrogens is 324 g/mol. The van der Waals surface area contributed by atoms with Gasteiger partial charge in [0, 0.05) is 13.0 Å². The zero-order chi connectivity index (χ0) is 18.4. The molecule has 0 aliphatic carbocycles. The van der Waals surface area contributed by atoms with Gasteiger partial charge in [0.1, 0.15) is 0 Å². The molecule has 1 heterocycles. The summed E-state index contributed by atoms with van der Waals surface area (Å²) in [4.78, 5) is 49.9. The average molecular weight is 346 g/mol. The van der Waals surface area contributed by atoms with E-state index < -0.39 is 23.3 Å². The number of imide groups is 2. The number of esters is 1. The first-order valence-corrected chi connectivity index (χ1v) is 8.27. The van der Waals surface area contributed by atoms with Crippen LogP contribution in [0.1, 0.15) is 38.2 Å². The summed E-state index contributed by atoms with van der Waals surface area (Å²) in [7, 11) is 1.31. The van der Waals surface area contributed by atoms with E-state index >= 15 is 0 Å². The Morgan fingerprint density at radius 2 is 1.84 bits per heavy atom. The number of nitrogens with zero attached hydrogens (tertiary/aromatic N) is 1. The lowest BCUT2D eigenvalue weighted by Gasteiger charge is -2.39. The highest BCUT2D eigenvalue weighted by Gasteiger charge is 2.53. The van der Waals surface area contributed by atoms with Crippen LogP contribution in [0, 0.1) is 0 Å². The Kier molecular flexibility index (Phi) is 5.90. The van der Waals surface area contributed by atoms with E-state index in [1.54, 1.807) is 37.3 Å². The quantitative estimate of drug-likeness (QED) is 0.461. The summed E-state index contributed by atoms with van der Waals surface area (Å²) in [6, 6.07) is 8.02. The lowest BCUT2D eigenvalue weighted by atomic mass is 9.74. The molecule has 134 valence electrons. The van der Waals surface area contributed by atoms with Crippen LogP contribution >= 0.6 is 0 Å². The Morgan fingerprint density at radius 1 is 1.16 bits per heavy atom. The SMILES string of the molecule is CCC1(c2ccccc2)C(=O)NC(=O)N(CCCCC(=O)OC)C1=O. The van der Waals surface area contributed by atoms with Crippen LogP contribution in [-0.2, 0) is 24.5 Å². The van der Waals surface area contributed by atoms with Gasteiger partial charge >= 0.3 is 12.0 Å². The molecule has 1 N–H and O–H groups in total. The highest BCUT2D eigenvalue weighted by atomic mass is 16.5. The van der Waals surface area contributed by atoms with Crippen LogP contribution < -0.4 is 5.32 Å². The normalized spacial score (nSPS) is 20.4. The molecule has 4 amide bonds. The molecule has 2 rings (SSSR count). The van der Waals surface area contributed by atoms with Gasteiger partial charge in [-0.3, -0.25) is 24.6 Å². The van der Waals surface area contributed by atoms with Crippen molar-refractivity contribution in [1.82, 2.24) is 10.2 Å². The number of urea groups is 1. The zero-order valence-electron chi connectivity index (χ0n) is 14.4. The molecule has 1 atom stereocenters. The molecule has 0 spiro atoms. The van der Waals surface area contributed by atoms with E-state index in [4.69, 9.17) is 0 Å². The maximum Gasteiger partial charge on any atom is 0.330 e. The molecule has 1 aliphatic heterocycles. The minimum absolute atomic E-state index is 0.142. The summed E-state index contributed by atoms with van der Waals surface area (Å²) in [6.07, 6.45) is 1.41. The Hall–Kier alpha value is -2.70. The number of carbonyl (C=O) groups is 4. The Labute approximate surface area is 146 Å². The van der Waals surface area contributed by atoms with Crippen molar-refractivity contribution in [2.75, 3.05) is 13.7 Å². The first-order chi connectivity index (χ1) is 12.0. The lowest BCUT2D eigenvalue weighted by Crippen LogP contribution is -2.65. The van der Waals surface area contributed by atoms with E-state index in [0.29, 0.717) is 18.4 Å². The second-order valence-electron chi connectivity index (χ2n) is 5.87. The number of methoxy groups -OCH3 is 1. The molecule has 25 heavy (non-hydrogen) atoms. The fourth-order valence-corrected chi connectivity index (χ4v) is 3.03. The van der Waals surface area contributed by atoms with Gasteiger partial charge in [0.05, 0.1) is 7.11 Å². The molecule has 1 unspecified atom stereocenters. The van der Waals surface area contributed by atoms with Gasteiger partial charge in [-0.2, -0.15) is 0 Å². The predicted octanol–water partition coefficient (Wildman–Crippen LogP) is 1.76. The van der Waals surface area contributed by atoms with Gasteiger partial charge in [-0.05, 0) is 24.8 Å². The molecule has 7 nitrogen and oxygen atoms in total. The number of hydrogen-bond donors (Lipinski definition) is 1.